The Hall–Kier alpha value is -5.22. The lowest BCUT2D eigenvalue weighted by Gasteiger charge is -2.55. The summed E-state index contributed by atoms with van der Waals surface area (Å²) < 4.78 is 7.72. The van der Waals surface area contributed by atoms with E-state index in [0.717, 1.165) is 43.3 Å². The van der Waals surface area contributed by atoms with Crippen LogP contribution in [-0.4, -0.2) is 18.8 Å². The zero-order valence-corrected chi connectivity index (χ0v) is 51.3. The lowest BCUT2D eigenvalue weighted by molar-refractivity contribution is 0.0326. The van der Waals surface area contributed by atoms with E-state index in [1.807, 2.05) is 0 Å². The highest BCUT2D eigenvalue weighted by Gasteiger charge is 2.56. The summed E-state index contributed by atoms with van der Waals surface area (Å²) >= 11 is 0. The van der Waals surface area contributed by atoms with E-state index >= 15 is 0 Å². The van der Waals surface area contributed by atoms with E-state index in [0.29, 0.717) is 17.8 Å². The van der Waals surface area contributed by atoms with Gasteiger partial charge in [-0.3, -0.25) is 0 Å². The first-order chi connectivity index (χ1) is 37.2. The maximum Gasteiger partial charge on any atom is 0.292 e. The van der Waals surface area contributed by atoms with Gasteiger partial charge < -0.3 is 14.2 Å². The second-order valence-electron chi connectivity index (χ2n) is 32.0. The second-order valence-corrected chi connectivity index (χ2v) is 32.0. The molecule has 0 amide bonds. The van der Waals surface area contributed by atoms with Gasteiger partial charge in [-0.15, -0.1) is 0 Å². The standard InChI is InChI=1S/C75H91BN2O/c1-44-36-63-66-64(37-44)78(61-42-58-56(72(9,10)32-34-74(58,13)14)40-52(61)50-23-19-22-49-48-21-18-17-20-45(48)24-27-51(49)50)62-43-59-57(73(11,12)33-35-75(59,15)16)41-60(62)76(66)68-67(53-38-46(69(2,3)4)25-29-65(53)79-68)77(63)47-26-28-54-55(39-47)71(7,8)31-30-70(54,5)6/h17-18,20,22,24-29,37-41,43,48,54-55,61,63H,19,21,23,30-36,42H2,1-16H3. The lowest BCUT2D eigenvalue weighted by atomic mass is 9.32. The fourth-order valence-corrected chi connectivity index (χ4v) is 17.8. The van der Waals surface area contributed by atoms with Crippen LogP contribution in [0.4, 0.5) is 11.4 Å². The summed E-state index contributed by atoms with van der Waals surface area (Å²) in [7, 11) is 0. The van der Waals surface area contributed by atoms with Gasteiger partial charge in [0.15, 0.2) is 0 Å². The fourth-order valence-electron chi connectivity index (χ4n) is 17.8. The smallest absolute Gasteiger partial charge is 0.292 e. The van der Waals surface area contributed by atoms with Crippen molar-refractivity contribution in [1.82, 2.24) is 0 Å². The molecule has 3 heterocycles. The van der Waals surface area contributed by atoms with E-state index in [9.17, 15) is 0 Å². The molecular formula is C75H91BN2O. The molecule has 2 aromatic carbocycles. The van der Waals surface area contributed by atoms with Crippen LogP contribution < -0.4 is 20.9 Å². The van der Waals surface area contributed by atoms with Gasteiger partial charge in [-0.2, -0.15) is 0 Å². The number of allylic oxidation sites excluding steroid dienone is 15. The quantitative estimate of drug-likeness (QED) is 0.244. The fraction of sp³-hybridized carbons (Fsp3) is 0.520. The predicted molar refractivity (Wildman–Crippen MR) is 336 cm³/mol. The molecule has 3 aromatic rings. The summed E-state index contributed by atoms with van der Waals surface area (Å²) in [4.78, 5) is 5.87. The van der Waals surface area contributed by atoms with Crippen LogP contribution in [0.1, 0.15) is 198 Å². The summed E-state index contributed by atoms with van der Waals surface area (Å²) in [5.74, 6) is 1.36. The van der Waals surface area contributed by atoms with Crippen LogP contribution in [0.3, 0.4) is 0 Å². The Balaban J connectivity index is 1.08. The normalized spacial score (nSPS) is 29.9. The third-order valence-electron chi connectivity index (χ3n) is 23.1. The van der Waals surface area contributed by atoms with E-state index in [1.165, 1.54) is 106 Å². The molecule has 410 valence electrons. The van der Waals surface area contributed by atoms with Crippen molar-refractivity contribution in [3.8, 4) is 0 Å². The van der Waals surface area contributed by atoms with Crippen LogP contribution in [0.2, 0.25) is 0 Å². The van der Waals surface area contributed by atoms with Crippen molar-refractivity contribution < 1.29 is 4.42 Å². The van der Waals surface area contributed by atoms with E-state index in [1.54, 1.807) is 33.3 Å². The Morgan fingerprint density at radius 3 is 2.15 bits per heavy atom. The van der Waals surface area contributed by atoms with Crippen LogP contribution in [0, 0.1) is 39.4 Å². The third kappa shape index (κ3) is 7.69. The highest BCUT2D eigenvalue weighted by Crippen LogP contribution is 2.60. The maximum absolute atomic E-state index is 7.72. The summed E-state index contributed by atoms with van der Waals surface area (Å²) in [6.45, 7) is 40.1. The van der Waals surface area contributed by atoms with Crippen LogP contribution in [0.25, 0.3) is 11.0 Å². The minimum absolute atomic E-state index is 0.0156. The minimum atomic E-state index is -0.0302. The van der Waals surface area contributed by atoms with Crippen molar-refractivity contribution in [2.24, 2.45) is 39.4 Å². The van der Waals surface area contributed by atoms with Crippen molar-refractivity contribution in [2.45, 2.75) is 210 Å². The van der Waals surface area contributed by atoms with E-state index in [4.69, 9.17) is 4.42 Å². The number of anilines is 2. The molecule has 3 nitrogen and oxygen atoms in total. The number of rotatable bonds is 3. The van der Waals surface area contributed by atoms with Crippen molar-refractivity contribution >= 4 is 40.2 Å². The van der Waals surface area contributed by atoms with Crippen molar-refractivity contribution in [2.75, 3.05) is 9.80 Å². The molecule has 1 fully saturated rings. The Labute approximate surface area is 476 Å². The molecule has 0 radical (unpaired) electrons. The van der Waals surface area contributed by atoms with E-state index < -0.39 is 0 Å². The highest BCUT2D eigenvalue weighted by molar-refractivity contribution is 6.93. The van der Waals surface area contributed by atoms with Gasteiger partial charge >= 0.3 is 0 Å². The van der Waals surface area contributed by atoms with Gasteiger partial charge in [0.25, 0.3) is 6.71 Å². The molecule has 1 saturated carbocycles. The Kier molecular flexibility index (Phi) is 11.1. The Bertz CT molecular complexity index is 3570. The van der Waals surface area contributed by atoms with Crippen molar-refractivity contribution in [3.63, 3.8) is 0 Å². The van der Waals surface area contributed by atoms with E-state index in [2.05, 4.69) is 218 Å². The van der Waals surface area contributed by atoms with Gasteiger partial charge in [-0.25, -0.2) is 0 Å². The largest absolute Gasteiger partial charge is 0.468 e. The molecule has 0 spiro atoms. The SMILES string of the molecule is CC1=CC2=C3B(c4cc5c(cc4N2C2CC4=C(C=C2C2=C6C=CC7=CC=CCC7C6=CCC2)C(C)(C)CCC4(C)C)C(C)(C)CCC5(C)C)c2oc4ccc(C(C)(C)C)cc4c2N(C2=CC4C(C=C2)C(C)(C)CCC4(C)C)C3C1. The molecule has 4 heteroatoms. The first kappa shape index (κ1) is 51.9. The molecule has 14 rings (SSSR count). The topological polar surface area (TPSA) is 19.6 Å². The lowest BCUT2D eigenvalue weighted by Crippen LogP contribution is -2.63. The number of furan rings is 1. The van der Waals surface area contributed by atoms with Crippen LogP contribution in [0.15, 0.2) is 163 Å². The molecule has 0 N–H and O–H groups in total. The number of hydrogen-bond acceptors (Lipinski definition) is 3. The molecule has 5 unspecified atom stereocenters. The van der Waals surface area contributed by atoms with Crippen LogP contribution in [0.5, 0.6) is 0 Å². The molecule has 1 aromatic heterocycles. The van der Waals surface area contributed by atoms with Crippen LogP contribution >= 0.6 is 0 Å². The number of benzene rings is 2. The Morgan fingerprint density at radius 2 is 1.41 bits per heavy atom. The number of fused-ring (bicyclic) bond motifs is 11. The first-order valence-electron chi connectivity index (χ1n) is 31.3. The van der Waals surface area contributed by atoms with Crippen molar-refractivity contribution in [1.29, 1.82) is 0 Å². The van der Waals surface area contributed by atoms with Gasteiger partial charge in [0.1, 0.15) is 5.58 Å². The zero-order chi connectivity index (χ0) is 55.5. The van der Waals surface area contributed by atoms with Gasteiger partial charge in [0, 0.05) is 28.4 Å². The molecule has 0 bridgehead atoms. The summed E-state index contributed by atoms with van der Waals surface area (Å²) in [6.07, 6.45) is 40.7. The zero-order valence-electron chi connectivity index (χ0n) is 51.3. The molecular weight excluding hydrogens is 956 g/mol. The number of hydrogen-bond donors (Lipinski definition) is 0. The molecule has 9 aliphatic carbocycles. The average molecular weight is 1050 g/mol. The maximum atomic E-state index is 7.72. The Morgan fingerprint density at radius 1 is 0.696 bits per heavy atom. The molecule has 2 aliphatic heterocycles. The first-order valence-corrected chi connectivity index (χ1v) is 31.3. The van der Waals surface area contributed by atoms with Crippen LogP contribution in [-0.2, 0) is 16.2 Å². The molecule has 79 heavy (non-hydrogen) atoms. The number of nitrogens with zero attached hydrogens (tertiary/aromatic N) is 2. The van der Waals surface area contributed by atoms with Crippen molar-refractivity contribution in [3.05, 3.63) is 175 Å². The summed E-state index contributed by atoms with van der Waals surface area (Å²) in [5, 5.41) is 1.26. The van der Waals surface area contributed by atoms with Gasteiger partial charge in [-0.05, 0) is 219 Å². The summed E-state index contributed by atoms with van der Waals surface area (Å²) in [6, 6.07) is 12.9. The molecule has 0 saturated heterocycles. The second kappa shape index (κ2) is 16.9. The molecule has 5 atom stereocenters. The molecule has 11 aliphatic rings. The third-order valence-corrected chi connectivity index (χ3v) is 23.1. The predicted octanol–water partition coefficient (Wildman–Crippen LogP) is 18.3. The van der Waals surface area contributed by atoms with E-state index in [-0.39, 0.29) is 56.7 Å². The van der Waals surface area contributed by atoms with Gasteiger partial charge in [-0.1, -0.05) is 182 Å². The monoisotopic (exact) mass is 1050 g/mol. The average Bonchev–Trinajstić information content (AvgIpc) is 3.00. The highest BCUT2D eigenvalue weighted by atomic mass is 16.3. The van der Waals surface area contributed by atoms with Gasteiger partial charge in [0.2, 0.25) is 0 Å². The minimum Gasteiger partial charge on any atom is -0.468 e. The van der Waals surface area contributed by atoms with Gasteiger partial charge in [0.05, 0.1) is 23.4 Å². The summed E-state index contributed by atoms with van der Waals surface area (Å²) in [5.41, 5.74) is 28.2.